The number of amides is 2. The number of rotatable bonds is 7. The maximum absolute atomic E-state index is 11.5. The van der Waals surface area contributed by atoms with Crippen molar-refractivity contribution < 1.29 is 19.5 Å². The van der Waals surface area contributed by atoms with E-state index in [4.69, 9.17) is 5.11 Å². The van der Waals surface area contributed by atoms with E-state index in [0.717, 1.165) is 0 Å². The SMILES string of the molecule is CC(CC(=O)O)CC(=O)NCCC(=O)NC(C)(C)C. The van der Waals surface area contributed by atoms with Gasteiger partial charge < -0.3 is 15.7 Å². The smallest absolute Gasteiger partial charge is 0.303 e. The third kappa shape index (κ3) is 11.2. The minimum Gasteiger partial charge on any atom is -0.481 e. The van der Waals surface area contributed by atoms with E-state index in [-0.39, 0.29) is 49.1 Å². The molecule has 0 saturated carbocycles. The van der Waals surface area contributed by atoms with E-state index >= 15 is 0 Å². The van der Waals surface area contributed by atoms with E-state index in [1.807, 2.05) is 20.8 Å². The van der Waals surface area contributed by atoms with Crippen LogP contribution in [-0.4, -0.2) is 35.0 Å². The van der Waals surface area contributed by atoms with Gasteiger partial charge in [-0.15, -0.1) is 0 Å². The average molecular weight is 272 g/mol. The predicted molar refractivity (Wildman–Crippen MR) is 71.6 cm³/mol. The molecule has 0 aliphatic rings. The highest BCUT2D eigenvalue weighted by atomic mass is 16.4. The van der Waals surface area contributed by atoms with Crippen LogP contribution in [0.15, 0.2) is 0 Å². The zero-order valence-electron chi connectivity index (χ0n) is 12.1. The Morgan fingerprint density at radius 3 is 2.16 bits per heavy atom. The van der Waals surface area contributed by atoms with Crippen LogP contribution in [0.1, 0.15) is 47.0 Å². The number of carboxylic acids is 1. The summed E-state index contributed by atoms with van der Waals surface area (Å²) in [5.41, 5.74) is -0.281. The summed E-state index contributed by atoms with van der Waals surface area (Å²) >= 11 is 0. The van der Waals surface area contributed by atoms with Gasteiger partial charge in [-0.1, -0.05) is 6.92 Å². The third-order valence-electron chi connectivity index (χ3n) is 2.25. The van der Waals surface area contributed by atoms with Crippen LogP contribution < -0.4 is 10.6 Å². The van der Waals surface area contributed by atoms with Crippen molar-refractivity contribution in [2.24, 2.45) is 5.92 Å². The van der Waals surface area contributed by atoms with Crippen LogP contribution in [-0.2, 0) is 14.4 Å². The second-order valence-corrected chi connectivity index (χ2v) is 5.81. The van der Waals surface area contributed by atoms with Crippen molar-refractivity contribution in [3.05, 3.63) is 0 Å². The van der Waals surface area contributed by atoms with Crippen molar-refractivity contribution in [1.29, 1.82) is 0 Å². The van der Waals surface area contributed by atoms with Crippen LogP contribution in [0, 0.1) is 5.92 Å². The van der Waals surface area contributed by atoms with Crippen LogP contribution in [0.3, 0.4) is 0 Å². The Hall–Kier alpha value is -1.59. The Morgan fingerprint density at radius 1 is 1.11 bits per heavy atom. The average Bonchev–Trinajstić information content (AvgIpc) is 2.12. The van der Waals surface area contributed by atoms with Gasteiger partial charge in [0.25, 0.3) is 0 Å². The second-order valence-electron chi connectivity index (χ2n) is 5.81. The predicted octanol–water partition coefficient (Wildman–Crippen LogP) is 0.908. The minimum atomic E-state index is -0.912. The summed E-state index contributed by atoms with van der Waals surface area (Å²) in [5, 5.41) is 14.0. The summed E-state index contributed by atoms with van der Waals surface area (Å²) in [7, 11) is 0. The first-order chi connectivity index (χ1) is 8.60. The van der Waals surface area contributed by atoms with Crippen LogP contribution in [0.2, 0.25) is 0 Å². The molecule has 6 nitrogen and oxygen atoms in total. The molecule has 1 unspecified atom stereocenters. The number of carboxylic acid groups (broad SMARTS) is 1. The van der Waals surface area contributed by atoms with E-state index in [0.29, 0.717) is 0 Å². The lowest BCUT2D eigenvalue weighted by atomic mass is 10.0. The summed E-state index contributed by atoms with van der Waals surface area (Å²) in [6.07, 6.45) is 0.349. The number of hydrogen-bond acceptors (Lipinski definition) is 3. The zero-order chi connectivity index (χ0) is 15.1. The largest absolute Gasteiger partial charge is 0.481 e. The Kier molecular flexibility index (Phi) is 7.11. The van der Waals surface area contributed by atoms with Crippen LogP contribution in [0.25, 0.3) is 0 Å². The fraction of sp³-hybridized carbons (Fsp3) is 0.769. The van der Waals surface area contributed by atoms with Crippen molar-refractivity contribution in [3.8, 4) is 0 Å². The van der Waals surface area contributed by atoms with E-state index in [2.05, 4.69) is 10.6 Å². The number of carbonyl (C=O) groups excluding carboxylic acids is 2. The molecule has 0 aromatic rings. The molecule has 0 rings (SSSR count). The Morgan fingerprint density at radius 2 is 1.68 bits per heavy atom. The van der Waals surface area contributed by atoms with E-state index in [9.17, 15) is 14.4 Å². The number of carbonyl (C=O) groups is 3. The molecule has 0 spiro atoms. The lowest BCUT2D eigenvalue weighted by molar-refractivity contribution is -0.138. The topological polar surface area (TPSA) is 95.5 Å². The van der Waals surface area contributed by atoms with Gasteiger partial charge in [0, 0.05) is 31.3 Å². The molecule has 1 atom stereocenters. The van der Waals surface area contributed by atoms with Crippen molar-refractivity contribution in [2.75, 3.05) is 6.54 Å². The standard InChI is InChI=1S/C13H24N2O4/c1-9(8-12(18)19)7-11(17)14-6-5-10(16)15-13(2,3)4/h9H,5-8H2,1-4H3,(H,14,17)(H,15,16)(H,18,19). The summed E-state index contributed by atoms with van der Waals surface area (Å²) in [4.78, 5) is 33.4. The summed E-state index contributed by atoms with van der Waals surface area (Å²) in [5.74, 6) is -1.46. The molecule has 2 amide bonds. The molecule has 0 bridgehead atoms. The van der Waals surface area contributed by atoms with Crippen molar-refractivity contribution in [2.45, 2.75) is 52.5 Å². The van der Waals surface area contributed by atoms with Crippen LogP contribution in [0.4, 0.5) is 0 Å². The first-order valence-electron chi connectivity index (χ1n) is 6.39. The summed E-state index contributed by atoms with van der Waals surface area (Å²) < 4.78 is 0. The molecular weight excluding hydrogens is 248 g/mol. The van der Waals surface area contributed by atoms with E-state index < -0.39 is 5.97 Å². The summed E-state index contributed by atoms with van der Waals surface area (Å²) in [6.45, 7) is 7.63. The number of aliphatic carboxylic acids is 1. The third-order valence-corrected chi connectivity index (χ3v) is 2.25. The normalized spacial score (nSPS) is 12.6. The Balaban J connectivity index is 3.80. The Labute approximate surface area is 113 Å². The zero-order valence-corrected chi connectivity index (χ0v) is 12.1. The fourth-order valence-electron chi connectivity index (χ4n) is 1.56. The van der Waals surface area contributed by atoms with Crippen molar-refractivity contribution >= 4 is 17.8 Å². The van der Waals surface area contributed by atoms with Crippen molar-refractivity contribution in [3.63, 3.8) is 0 Å². The van der Waals surface area contributed by atoms with Gasteiger partial charge in [0.1, 0.15) is 0 Å². The highest BCUT2D eigenvalue weighted by Crippen LogP contribution is 2.06. The molecule has 0 aromatic carbocycles. The van der Waals surface area contributed by atoms with E-state index in [1.165, 1.54) is 0 Å². The molecule has 110 valence electrons. The molecule has 0 heterocycles. The van der Waals surface area contributed by atoms with Gasteiger partial charge >= 0.3 is 5.97 Å². The maximum atomic E-state index is 11.5. The first-order valence-corrected chi connectivity index (χ1v) is 6.39. The quantitative estimate of drug-likeness (QED) is 0.642. The second kappa shape index (κ2) is 7.76. The maximum Gasteiger partial charge on any atom is 0.303 e. The van der Waals surface area contributed by atoms with Gasteiger partial charge in [-0.25, -0.2) is 0 Å². The molecule has 0 radical (unpaired) electrons. The molecule has 3 N–H and O–H groups in total. The van der Waals surface area contributed by atoms with Gasteiger partial charge in [-0.2, -0.15) is 0 Å². The summed E-state index contributed by atoms with van der Waals surface area (Å²) in [6, 6.07) is 0. The lowest BCUT2D eigenvalue weighted by Gasteiger charge is -2.20. The van der Waals surface area contributed by atoms with Gasteiger partial charge in [0.2, 0.25) is 11.8 Å². The highest BCUT2D eigenvalue weighted by molar-refractivity contribution is 5.79. The van der Waals surface area contributed by atoms with Crippen molar-refractivity contribution in [1.82, 2.24) is 10.6 Å². The molecule has 0 saturated heterocycles. The molecule has 6 heteroatoms. The molecule has 0 fully saturated rings. The van der Waals surface area contributed by atoms with Crippen LogP contribution >= 0.6 is 0 Å². The van der Waals surface area contributed by atoms with Crippen LogP contribution in [0.5, 0.6) is 0 Å². The fourth-order valence-corrected chi connectivity index (χ4v) is 1.56. The monoisotopic (exact) mass is 272 g/mol. The molecule has 0 aromatic heterocycles. The lowest BCUT2D eigenvalue weighted by Crippen LogP contribution is -2.42. The van der Waals surface area contributed by atoms with Gasteiger partial charge in [0.15, 0.2) is 0 Å². The minimum absolute atomic E-state index is 0.0298. The molecular formula is C13H24N2O4. The van der Waals surface area contributed by atoms with Gasteiger partial charge in [0.05, 0.1) is 0 Å². The highest BCUT2D eigenvalue weighted by Gasteiger charge is 2.15. The molecule has 0 aliphatic carbocycles. The van der Waals surface area contributed by atoms with E-state index in [1.54, 1.807) is 6.92 Å². The Bertz CT molecular complexity index is 334. The molecule has 0 aliphatic heterocycles. The number of hydrogen-bond donors (Lipinski definition) is 3. The number of nitrogens with one attached hydrogen (secondary N) is 2. The van der Waals surface area contributed by atoms with Gasteiger partial charge in [-0.05, 0) is 26.7 Å². The first kappa shape index (κ1) is 17.4. The molecule has 19 heavy (non-hydrogen) atoms. The van der Waals surface area contributed by atoms with Gasteiger partial charge in [-0.3, -0.25) is 14.4 Å².